The highest BCUT2D eigenvalue weighted by Crippen LogP contribution is 2.32. The largest absolute Gasteiger partial charge is 0.481 e. The molecular weight excluding hydrogens is 272 g/mol. The van der Waals surface area contributed by atoms with Crippen LogP contribution in [0.25, 0.3) is 0 Å². The number of carboxylic acids is 1. The molecule has 2 rings (SSSR count). The van der Waals surface area contributed by atoms with Gasteiger partial charge in [0.1, 0.15) is 11.9 Å². The van der Waals surface area contributed by atoms with E-state index >= 15 is 0 Å². The Labute approximate surface area is 111 Å². The number of nitrogens with zero attached hydrogens (tertiary/aromatic N) is 2. The summed E-state index contributed by atoms with van der Waals surface area (Å²) in [5.41, 5.74) is 0.479. The molecule has 8 heteroatoms. The van der Waals surface area contributed by atoms with Crippen molar-refractivity contribution in [1.29, 1.82) is 0 Å². The van der Waals surface area contributed by atoms with Crippen LogP contribution in [0.15, 0.2) is 30.5 Å². The molecule has 0 aliphatic carbocycles. The molecule has 98 valence electrons. The number of nitro groups is 1. The van der Waals surface area contributed by atoms with Crippen LogP contribution in [0, 0.1) is 10.1 Å². The van der Waals surface area contributed by atoms with E-state index in [1.807, 2.05) is 0 Å². The van der Waals surface area contributed by atoms with E-state index in [9.17, 15) is 14.9 Å². The number of para-hydroxylation sites is 1. The highest BCUT2D eigenvalue weighted by molar-refractivity contribution is 7.16. The summed E-state index contributed by atoms with van der Waals surface area (Å²) in [4.78, 5) is 24.4. The van der Waals surface area contributed by atoms with Crippen LogP contribution < -0.4 is 4.74 Å². The summed E-state index contributed by atoms with van der Waals surface area (Å²) in [6.45, 7) is 0. The van der Waals surface area contributed by atoms with Gasteiger partial charge in [-0.25, -0.2) is 4.98 Å². The number of hydrogen-bond donors (Lipinski definition) is 1. The third-order valence-electron chi connectivity index (χ3n) is 2.16. The van der Waals surface area contributed by atoms with Gasteiger partial charge < -0.3 is 9.84 Å². The normalized spacial score (nSPS) is 10.1. The molecule has 0 saturated heterocycles. The van der Waals surface area contributed by atoms with E-state index in [1.165, 1.54) is 0 Å². The molecule has 0 atom stereocenters. The Hall–Kier alpha value is -2.48. The van der Waals surface area contributed by atoms with E-state index in [2.05, 4.69) is 4.98 Å². The SMILES string of the molecule is O=C(O)Cc1ccccc1Oc1ncc([N+](=O)[O-])s1. The minimum Gasteiger partial charge on any atom is -0.481 e. The molecule has 1 aromatic heterocycles. The zero-order valence-electron chi connectivity index (χ0n) is 9.48. The maximum absolute atomic E-state index is 10.7. The molecule has 1 heterocycles. The number of thiazole rings is 1. The van der Waals surface area contributed by atoms with Crippen molar-refractivity contribution in [3.63, 3.8) is 0 Å². The fourth-order valence-electron chi connectivity index (χ4n) is 1.39. The summed E-state index contributed by atoms with van der Waals surface area (Å²) in [5, 5.41) is 19.3. The predicted molar refractivity (Wildman–Crippen MR) is 66.6 cm³/mol. The first-order valence-corrected chi connectivity index (χ1v) is 5.95. The third-order valence-corrected chi connectivity index (χ3v) is 2.99. The number of aliphatic carboxylic acids is 1. The van der Waals surface area contributed by atoms with Crippen molar-refractivity contribution in [1.82, 2.24) is 4.98 Å². The first kappa shape index (κ1) is 13.0. The third kappa shape index (κ3) is 3.26. The predicted octanol–water partition coefficient (Wildman–Crippen LogP) is 2.47. The molecule has 0 saturated carbocycles. The summed E-state index contributed by atoms with van der Waals surface area (Å²) >= 11 is 0.784. The van der Waals surface area contributed by atoms with Crippen LogP contribution in [-0.2, 0) is 11.2 Å². The summed E-state index contributed by atoms with van der Waals surface area (Å²) < 4.78 is 5.38. The standard InChI is InChI=1S/C11H8N2O5S/c14-10(15)5-7-3-1-2-4-8(7)18-11-12-6-9(19-11)13(16)17/h1-4,6H,5H2,(H,14,15). The Morgan fingerprint density at radius 2 is 2.21 bits per heavy atom. The van der Waals surface area contributed by atoms with Crippen molar-refractivity contribution in [2.24, 2.45) is 0 Å². The van der Waals surface area contributed by atoms with E-state index in [0.717, 1.165) is 17.5 Å². The molecule has 0 fully saturated rings. The molecule has 0 spiro atoms. The Balaban J connectivity index is 2.22. The van der Waals surface area contributed by atoms with Crippen molar-refractivity contribution in [2.75, 3.05) is 0 Å². The van der Waals surface area contributed by atoms with Crippen LogP contribution in [0.4, 0.5) is 5.00 Å². The summed E-state index contributed by atoms with van der Waals surface area (Å²) in [6, 6.07) is 6.58. The van der Waals surface area contributed by atoms with Crippen LogP contribution >= 0.6 is 11.3 Å². The van der Waals surface area contributed by atoms with Crippen LogP contribution in [0.1, 0.15) is 5.56 Å². The molecule has 2 aromatic rings. The maximum atomic E-state index is 10.7. The van der Waals surface area contributed by atoms with E-state index in [-0.39, 0.29) is 16.6 Å². The fraction of sp³-hybridized carbons (Fsp3) is 0.0909. The van der Waals surface area contributed by atoms with Crippen LogP contribution in [0.2, 0.25) is 0 Å². The summed E-state index contributed by atoms with van der Waals surface area (Å²) in [5.74, 6) is -0.657. The summed E-state index contributed by atoms with van der Waals surface area (Å²) in [6.07, 6.45) is 0.906. The minimum atomic E-state index is -0.985. The quantitative estimate of drug-likeness (QED) is 0.666. The van der Waals surface area contributed by atoms with Crippen LogP contribution in [0.3, 0.4) is 0 Å². The van der Waals surface area contributed by atoms with Crippen molar-refractivity contribution in [3.05, 3.63) is 46.1 Å². The number of aromatic nitrogens is 1. The topological polar surface area (TPSA) is 103 Å². The number of hydrogen-bond acceptors (Lipinski definition) is 6. The van der Waals surface area contributed by atoms with Gasteiger partial charge in [0.2, 0.25) is 0 Å². The van der Waals surface area contributed by atoms with Crippen LogP contribution in [-0.4, -0.2) is 21.0 Å². The van der Waals surface area contributed by atoms with E-state index in [1.54, 1.807) is 24.3 Å². The van der Waals surface area contributed by atoms with Gasteiger partial charge in [-0.3, -0.25) is 14.9 Å². The van der Waals surface area contributed by atoms with Crippen molar-refractivity contribution in [3.8, 4) is 10.9 Å². The zero-order chi connectivity index (χ0) is 13.8. The van der Waals surface area contributed by atoms with Gasteiger partial charge in [-0.1, -0.05) is 18.2 Å². The van der Waals surface area contributed by atoms with Gasteiger partial charge in [-0.05, 0) is 17.4 Å². The van der Waals surface area contributed by atoms with E-state index < -0.39 is 10.9 Å². The fourth-order valence-corrected chi connectivity index (χ4v) is 1.98. The van der Waals surface area contributed by atoms with Crippen molar-refractivity contribution in [2.45, 2.75) is 6.42 Å². The van der Waals surface area contributed by atoms with Gasteiger partial charge >= 0.3 is 11.0 Å². The smallest absolute Gasteiger partial charge is 0.347 e. The van der Waals surface area contributed by atoms with Crippen LogP contribution in [0.5, 0.6) is 10.9 Å². The molecule has 19 heavy (non-hydrogen) atoms. The number of ether oxygens (including phenoxy) is 1. The highest BCUT2D eigenvalue weighted by Gasteiger charge is 2.15. The van der Waals surface area contributed by atoms with Gasteiger partial charge in [0.25, 0.3) is 5.19 Å². The second-order valence-corrected chi connectivity index (χ2v) is 4.47. The van der Waals surface area contributed by atoms with Crippen molar-refractivity contribution < 1.29 is 19.6 Å². The lowest BCUT2D eigenvalue weighted by Gasteiger charge is -2.06. The highest BCUT2D eigenvalue weighted by atomic mass is 32.1. The molecule has 0 unspecified atom stereocenters. The van der Waals surface area contributed by atoms with Gasteiger partial charge in [0, 0.05) is 5.56 Å². The molecule has 0 bridgehead atoms. The molecule has 7 nitrogen and oxygen atoms in total. The molecule has 0 amide bonds. The summed E-state index contributed by atoms with van der Waals surface area (Å²) in [7, 11) is 0. The minimum absolute atomic E-state index is 0.101. The number of carboxylic acid groups (broad SMARTS) is 1. The average molecular weight is 280 g/mol. The van der Waals surface area contributed by atoms with E-state index in [4.69, 9.17) is 9.84 Å². The lowest BCUT2D eigenvalue weighted by Crippen LogP contribution is -2.01. The zero-order valence-corrected chi connectivity index (χ0v) is 10.3. The first-order valence-electron chi connectivity index (χ1n) is 5.14. The lowest BCUT2D eigenvalue weighted by molar-refractivity contribution is -0.380. The van der Waals surface area contributed by atoms with Gasteiger partial charge in [-0.2, -0.15) is 0 Å². The molecule has 1 N–H and O–H groups in total. The average Bonchev–Trinajstić information content (AvgIpc) is 2.80. The molecule has 0 radical (unpaired) electrons. The molecule has 1 aromatic carbocycles. The maximum Gasteiger partial charge on any atom is 0.347 e. The number of carbonyl (C=O) groups is 1. The van der Waals surface area contributed by atoms with Gasteiger partial charge in [-0.15, -0.1) is 0 Å². The van der Waals surface area contributed by atoms with Gasteiger partial charge in [0.05, 0.1) is 11.3 Å². The number of benzene rings is 1. The Morgan fingerprint density at radius 1 is 1.47 bits per heavy atom. The monoisotopic (exact) mass is 280 g/mol. The number of rotatable bonds is 5. The second kappa shape index (κ2) is 5.44. The van der Waals surface area contributed by atoms with E-state index in [0.29, 0.717) is 11.3 Å². The molecular formula is C11H8N2O5S. The molecule has 0 aliphatic rings. The Bertz CT molecular complexity index is 625. The Kier molecular flexibility index (Phi) is 3.71. The van der Waals surface area contributed by atoms with Gasteiger partial charge in [0.15, 0.2) is 0 Å². The first-order chi connectivity index (χ1) is 9.06. The molecule has 0 aliphatic heterocycles. The lowest BCUT2D eigenvalue weighted by atomic mass is 10.1. The second-order valence-electron chi connectivity index (χ2n) is 3.50. The van der Waals surface area contributed by atoms with Crippen molar-refractivity contribution >= 4 is 22.3 Å². The Morgan fingerprint density at radius 3 is 2.84 bits per heavy atom.